The van der Waals surface area contributed by atoms with E-state index < -0.39 is 0 Å². The number of nitrogens with one attached hydrogen (secondary N) is 1. The van der Waals surface area contributed by atoms with E-state index in [4.69, 9.17) is 0 Å². The van der Waals surface area contributed by atoms with Crippen LogP contribution >= 0.6 is 0 Å². The van der Waals surface area contributed by atoms with Gasteiger partial charge in [0.2, 0.25) is 11.8 Å². The average Bonchev–Trinajstić information content (AvgIpc) is 2.40. The molecule has 1 N–H and O–H groups in total. The minimum absolute atomic E-state index is 0.00424. The van der Waals surface area contributed by atoms with Crippen LogP contribution in [-0.4, -0.2) is 35.8 Å². The predicted molar refractivity (Wildman–Crippen MR) is 70.0 cm³/mol. The molecule has 1 saturated carbocycles. The number of hydrogen-bond acceptors (Lipinski definition) is 2. The van der Waals surface area contributed by atoms with E-state index in [1.165, 1.54) is 19.3 Å². The van der Waals surface area contributed by atoms with Crippen LogP contribution < -0.4 is 5.32 Å². The molecule has 1 aliphatic carbocycles. The molecule has 2 aliphatic rings. The van der Waals surface area contributed by atoms with Crippen molar-refractivity contribution in [1.29, 1.82) is 0 Å². The van der Waals surface area contributed by atoms with Crippen molar-refractivity contribution < 1.29 is 9.59 Å². The lowest BCUT2D eigenvalue weighted by atomic mass is 9.93. The Kier molecular flexibility index (Phi) is 4.61. The van der Waals surface area contributed by atoms with Crippen molar-refractivity contribution in [1.82, 2.24) is 10.2 Å². The summed E-state index contributed by atoms with van der Waals surface area (Å²) < 4.78 is 0. The lowest BCUT2D eigenvalue weighted by molar-refractivity contribution is -0.134. The molecule has 18 heavy (non-hydrogen) atoms. The fourth-order valence-electron chi connectivity index (χ4n) is 3.04. The van der Waals surface area contributed by atoms with Gasteiger partial charge >= 0.3 is 0 Å². The summed E-state index contributed by atoms with van der Waals surface area (Å²) in [5.41, 5.74) is 0. The molecule has 1 aliphatic heterocycles. The highest BCUT2D eigenvalue weighted by molar-refractivity contribution is 5.80. The first-order valence-electron chi connectivity index (χ1n) is 7.22. The van der Waals surface area contributed by atoms with Crippen molar-refractivity contribution in [2.24, 2.45) is 5.92 Å². The molecule has 4 nitrogen and oxygen atoms in total. The molecule has 2 rings (SSSR count). The number of nitrogens with zero attached hydrogens (tertiary/aromatic N) is 1. The van der Waals surface area contributed by atoms with Gasteiger partial charge in [-0.15, -0.1) is 0 Å². The monoisotopic (exact) mass is 252 g/mol. The van der Waals surface area contributed by atoms with E-state index in [-0.39, 0.29) is 17.7 Å². The van der Waals surface area contributed by atoms with Crippen LogP contribution in [0.3, 0.4) is 0 Å². The number of rotatable bonds is 2. The Bertz CT molecular complexity index is 311. The smallest absolute Gasteiger partial charge is 0.225 e. The summed E-state index contributed by atoms with van der Waals surface area (Å²) in [6, 6.07) is 0.374. The number of likely N-dealkylation sites (tertiary alicyclic amines) is 1. The van der Waals surface area contributed by atoms with Gasteiger partial charge in [0.25, 0.3) is 0 Å². The minimum Gasteiger partial charge on any atom is -0.353 e. The topological polar surface area (TPSA) is 49.4 Å². The Morgan fingerprint density at radius 2 is 1.78 bits per heavy atom. The van der Waals surface area contributed by atoms with Crippen LogP contribution in [0.1, 0.15) is 51.9 Å². The second kappa shape index (κ2) is 6.21. The predicted octanol–water partition coefficient (Wildman–Crippen LogP) is 1.69. The number of carbonyl (C=O) groups excluding carboxylic acids is 2. The first-order valence-corrected chi connectivity index (χ1v) is 7.22. The number of piperidine rings is 1. The second-order valence-electron chi connectivity index (χ2n) is 5.65. The van der Waals surface area contributed by atoms with E-state index in [0.717, 1.165) is 32.2 Å². The lowest BCUT2D eigenvalue weighted by Gasteiger charge is -2.32. The maximum atomic E-state index is 12.2. The molecule has 2 amide bonds. The van der Waals surface area contributed by atoms with Gasteiger partial charge in [0.15, 0.2) is 0 Å². The third kappa shape index (κ3) is 3.47. The summed E-state index contributed by atoms with van der Waals surface area (Å²) in [4.78, 5) is 25.3. The summed E-state index contributed by atoms with van der Waals surface area (Å²) in [6.07, 6.45) is 7.87. The number of hydrogen-bond donors (Lipinski definition) is 1. The molecule has 0 radical (unpaired) electrons. The summed E-state index contributed by atoms with van der Waals surface area (Å²) in [5.74, 6) is 0.252. The summed E-state index contributed by atoms with van der Waals surface area (Å²) in [5, 5.41) is 3.17. The van der Waals surface area contributed by atoms with Gasteiger partial charge in [-0.25, -0.2) is 0 Å². The third-order valence-corrected chi connectivity index (χ3v) is 4.19. The average molecular weight is 252 g/mol. The fourth-order valence-corrected chi connectivity index (χ4v) is 3.04. The van der Waals surface area contributed by atoms with E-state index in [2.05, 4.69) is 5.32 Å². The van der Waals surface area contributed by atoms with Crippen molar-refractivity contribution in [2.75, 3.05) is 13.1 Å². The Morgan fingerprint density at radius 3 is 2.44 bits per heavy atom. The Labute approximate surface area is 109 Å². The first-order chi connectivity index (χ1) is 8.66. The van der Waals surface area contributed by atoms with Crippen molar-refractivity contribution in [3.05, 3.63) is 0 Å². The molecule has 1 saturated heterocycles. The molecular formula is C14H24N2O2. The molecule has 0 spiro atoms. The summed E-state index contributed by atoms with van der Waals surface area (Å²) in [6.45, 7) is 3.00. The van der Waals surface area contributed by atoms with Crippen molar-refractivity contribution >= 4 is 11.8 Å². The molecule has 0 aromatic rings. The first kappa shape index (κ1) is 13.4. The van der Waals surface area contributed by atoms with E-state index in [9.17, 15) is 9.59 Å². The molecule has 4 heteroatoms. The van der Waals surface area contributed by atoms with Crippen molar-refractivity contribution in [2.45, 2.75) is 57.9 Å². The van der Waals surface area contributed by atoms with Crippen LogP contribution in [0.4, 0.5) is 0 Å². The van der Waals surface area contributed by atoms with Crippen LogP contribution in [0.2, 0.25) is 0 Å². The van der Waals surface area contributed by atoms with Gasteiger partial charge in [-0.1, -0.05) is 19.3 Å². The number of amides is 2. The minimum atomic E-state index is 0.00424. The van der Waals surface area contributed by atoms with Gasteiger partial charge < -0.3 is 10.2 Å². The maximum Gasteiger partial charge on any atom is 0.225 e. The van der Waals surface area contributed by atoms with E-state index >= 15 is 0 Å². The Balaban J connectivity index is 1.82. The zero-order valence-corrected chi connectivity index (χ0v) is 11.3. The van der Waals surface area contributed by atoms with Gasteiger partial charge in [0.05, 0.1) is 5.92 Å². The number of carbonyl (C=O) groups is 2. The molecule has 0 aromatic carbocycles. The molecule has 0 aromatic heterocycles. The standard InChI is InChI=1S/C14H24N2O2/c1-11(17)16-9-5-6-12(10-16)14(18)15-13-7-3-2-4-8-13/h12-13H,2-10H2,1H3,(H,15,18). The van der Waals surface area contributed by atoms with Crippen molar-refractivity contribution in [3.8, 4) is 0 Å². The van der Waals surface area contributed by atoms with Gasteiger partial charge in [-0.2, -0.15) is 0 Å². The molecule has 1 unspecified atom stereocenters. The highest BCUT2D eigenvalue weighted by Gasteiger charge is 2.28. The lowest BCUT2D eigenvalue weighted by Crippen LogP contribution is -2.47. The zero-order valence-electron chi connectivity index (χ0n) is 11.3. The van der Waals surface area contributed by atoms with Crippen LogP contribution in [0.15, 0.2) is 0 Å². The molecule has 0 bridgehead atoms. The Morgan fingerprint density at radius 1 is 1.06 bits per heavy atom. The highest BCUT2D eigenvalue weighted by Crippen LogP contribution is 2.20. The highest BCUT2D eigenvalue weighted by atomic mass is 16.2. The zero-order chi connectivity index (χ0) is 13.0. The molecular weight excluding hydrogens is 228 g/mol. The molecule has 1 atom stereocenters. The maximum absolute atomic E-state index is 12.2. The largest absolute Gasteiger partial charge is 0.353 e. The molecule has 2 fully saturated rings. The summed E-state index contributed by atoms with van der Waals surface area (Å²) >= 11 is 0. The third-order valence-electron chi connectivity index (χ3n) is 4.19. The van der Waals surface area contributed by atoms with Gasteiger partial charge in [-0.05, 0) is 25.7 Å². The van der Waals surface area contributed by atoms with Crippen molar-refractivity contribution in [3.63, 3.8) is 0 Å². The van der Waals surface area contributed by atoms with Crippen LogP contribution in [0, 0.1) is 5.92 Å². The normalized spacial score (nSPS) is 25.8. The Hall–Kier alpha value is -1.06. The fraction of sp³-hybridized carbons (Fsp3) is 0.857. The second-order valence-corrected chi connectivity index (χ2v) is 5.65. The van der Waals surface area contributed by atoms with Crippen LogP contribution in [0.25, 0.3) is 0 Å². The van der Waals surface area contributed by atoms with Gasteiger partial charge in [0, 0.05) is 26.1 Å². The quantitative estimate of drug-likeness (QED) is 0.813. The van der Waals surface area contributed by atoms with Gasteiger partial charge in [-0.3, -0.25) is 9.59 Å². The van der Waals surface area contributed by atoms with E-state index in [0.29, 0.717) is 12.6 Å². The van der Waals surface area contributed by atoms with Crippen LogP contribution in [0.5, 0.6) is 0 Å². The SMILES string of the molecule is CC(=O)N1CCCC(C(=O)NC2CCCCC2)C1. The van der Waals surface area contributed by atoms with E-state index in [1.807, 2.05) is 0 Å². The molecule has 102 valence electrons. The van der Waals surface area contributed by atoms with Gasteiger partial charge in [0.1, 0.15) is 0 Å². The van der Waals surface area contributed by atoms with E-state index in [1.54, 1.807) is 11.8 Å². The molecule has 1 heterocycles. The summed E-state index contributed by atoms with van der Waals surface area (Å²) in [7, 11) is 0. The van der Waals surface area contributed by atoms with Crippen LogP contribution in [-0.2, 0) is 9.59 Å².